The lowest BCUT2D eigenvalue weighted by molar-refractivity contribution is -0.193. The van der Waals surface area contributed by atoms with Gasteiger partial charge in [0.25, 0.3) is 5.91 Å². The van der Waals surface area contributed by atoms with Gasteiger partial charge in [-0.05, 0) is 31.0 Å². The monoisotopic (exact) mass is 583 g/mol. The van der Waals surface area contributed by atoms with Crippen molar-refractivity contribution in [3.05, 3.63) is 42.5 Å². The number of hydrogen-bond donors (Lipinski definition) is 4. The number of aromatic amines is 1. The standard InChI is InChI=1S/C18H21N5O3.2C2HF3O2/c24-17(21-12-2-1-6-19-10-12)13-5-9-26-16-4-8-23(11-14(13)16)18(25)15-3-7-20-22-15;2*3-2(4,5)1(6)7/h1-3,6-7,10,13-14,16H,4-5,8-9,11H2,(H,20,22)(H,21,24);2*(H,6,7)/t13-,14+,16-;;/m1../s1. The van der Waals surface area contributed by atoms with Crippen molar-refractivity contribution in [3.63, 3.8) is 0 Å². The van der Waals surface area contributed by atoms with Crippen molar-refractivity contribution < 1.29 is 60.5 Å². The summed E-state index contributed by atoms with van der Waals surface area (Å²) in [5, 5.41) is 23.7. The first-order valence-corrected chi connectivity index (χ1v) is 11.3. The number of aromatic nitrogens is 3. The minimum Gasteiger partial charge on any atom is -0.475 e. The van der Waals surface area contributed by atoms with Crippen LogP contribution in [0.3, 0.4) is 0 Å². The molecule has 0 aliphatic carbocycles. The van der Waals surface area contributed by atoms with Gasteiger partial charge in [0.2, 0.25) is 5.91 Å². The molecule has 4 heterocycles. The third kappa shape index (κ3) is 9.51. The average molecular weight is 583 g/mol. The number of amides is 2. The first kappa shape index (κ1) is 32.0. The Morgan fingerprint density at radius 3 is 2.12 bits per heavy atom. The summed E-state index contributed by atoms with van der Waals surface area (Å²) in [6.07, 6.45) is -3.91. The number of carbonyl (C=O) groups excluding carboxylic acids is 2. The third-order valence-electron chi connectivity index (χ3n) is 5.64. The van der Waals surface area contributed by atoms with Gasteiger partial charge >= 0.3 is 24.3 Å². The second-order valence-electron chi connectivity index (χ2n) is 8.32. The summed E-state index contributed by atoms with van der Waals surface area (Å²) >= 11 is 0. The van der Waals surface area contributed by atoms with E-state index in [1.165, 1.54) is 0 Å². The molecule has 0 saturated carbocycles. The topological polar surface area (TPSA) is 175 Å². The molecule has 0 spiro atoms. The van der Waals surface area contributed by atoms with E-state index in [1.807, 2.05) is 6.07 Å². The number of fused-ring (bicyclic) bond motifs is 1. The number of hydrogen-bond acceptors (Lipinski definition) is 7. The lowest BCUT2D eigenvalue weighted by atomic mass is 9.79. The van der Waals surface area contributed by atoms with Crippen LogP contribution in [0.4, 0.5) is 32.0 Å². The second-order valence-corrected chi connectivity index (χ2v) is 8.32. The zero-order valence-corrected chi connectivity index (χ0v) is 20.3. The number of likely N-dealkylation sites (tertiary alicyclic amines) is 1. The van der Waals surface area contributed by atoms with Gasteiger partial charge in [0.1, 0.15) is 5.69 Å². The Balaban J connectivity index is 0.000000333. The number of alkyl halides is 6. The predicted molar refractivity (Wildman–Crippen MR) is 121 cm³/mol. The summed E-state index contributed by atoms with van der Waals surface area (Å²) in [4.78, 5) is 49.0. The summed E-state index contributed by atoms with van der Waals surface area (Å²) < 4.78 is 69.4. The number of anilines is 1. The Bertz CT molecular complexity index is 1120. The van der Waals surface area contributed by atoms with Crippen LogP contribution in [-0.2, 0) is 19.1 Å². The van der Waals surface area contributed by atoms with E-state index in [1.54, 1.807) is 35.6 Å². The van der Waals surface area contributed by atoms with Crippen LogP contribution in [0.15, 0.2) is 36.8 Å². The fourth-order valence-corrected chi connectivity index (χ4v) is 3.84. The molecule has 0 bridgehead atoms. The quantitative estimate of drug-likeness (QED) is 0.396. The second kappa shape index (κ2) is 13.7. The third-order valence-corrected chi connectivity index (χ3v) is 5.64. The van der Waals surface area contributed by atoms with Crippen molar-refractivity contribution in [3.8, 4) is 0 Å². The van der Waals surface area contributed by atoms with Gasteiger partial charge in [0.05, 0.1) is 18.0 Å². The molecule has 0 unspecified atom stereocenters. The molecule has 2 amide bonds. The van der Waals surface area contributed by atoms with Gasteiger partial charge in [-0.1, -0.05) is 0 Å². The molecule has 3 atom stereocenters. The van der Waals surface area contributed by atoms with Gasteiger partial charge in [-0.15, -0.1) is 0 Å². The smallest absolute Gasteiger partial charge is 0.475 e. The van der Waals surface area contributed by atoms with E-state index in [-0.39, 0.29) is 29.8 Å². The number of carboxylic acid groups (broad SMARTS) is 2. The van der Waals surface area contributed by atoms with Crippen LogP contribution in [-0.4, -0.2) is 92.2 Å². The SMILES string of the molecule is O=C(Nc1cccnc1)[C@@H]1CCO[C@@H]2CCN(C(=O)c3ccn[nH]3)C[C@H]21.O=C(O)C(F)(F)F.O=C(O)C(F)(F)F. The van der Waals surface area contributed by atoms with Gasteiger partial charge in [0, 0.05) is 43.9 Å². The number of halogens is 6. The van der Waals surface area contributed by atoms with Gasteiger partial charge in [0.15, 0.2) is 0 Å². The molecule has 2 aliphatic heterocycles. The van der Waals surface area contributed by atoms with Crippen LogP contribution in [0, 0.1) is 11.8 Å². The molecular formula is C22H23F6N5O7. The summed E-state index contributed by atoms with van der Waals surface area (Å²) in [5.74, 6) is -5.84. The number of nitrogens with zero attached hydrogens (tertiary/aromatic N) is 3. The Hall–Kier alpha value is -4.22. The lowest BCUT2D eigenvalue weighted by Gasteiger charge is -2.44. The summed E-state index contributed by atoms with van der Waals surface area (Å²) in [6.45, 7) is 1.70. The maximum atomic E-state index is 12.8. The summed E-state index contributed by atoms with van der Waals surface area (Å²) in [6, 6.07) is 5.27. The number of rotatable bonds is 3. The number of piperidine rings is 1. The fourth-order valence-electron chi connectivity index (χ4n) is 3.84. The Labute approximate surface area is 221 Å². The van der Waals surface area contributed by atoms with Crippen molar-refractivity contribution in [1.82, 2.24) is 20.1 Å². The van der Waals surface area contributed by atoms with E-state index in [0.717, 1.165) is 6.42 Å². The highest BCUT2D eigenvalue weighted by atomic mass is 19.4. The predicted octanol–water partition coefficient (Wildman–Crippen LogP) is 2.58. The maximum Gasteiger partial charge on any atom is 0.490 e. The lowest BCUT2D eigenvalue weighted by Crippen LogP contribution is -2.53. The van der Waals surface area contributed by atoms with Crippen molar-refractivity contribution in [1.29, 1.82) is 0 Å². The van der Waals surface area contributed by atoms with Crippen LogP contribution in [0.2, 0.25) is 0 Å². The molecule has 12 nitrogen and oxygen atoms in total. The molecule has 4 rings (SSSR count). The van der Waals surface area contributed by atoms with Crippen LogP contribution in [0.1, 0.15) is 23.3 Å². The molecule has 2 aliphatic rings. The molecule has 18 heteroatoms. The van der Waals surface area contributed by atoms with Gasteiger partial charge in [-0.2, -0.15) is 31.4 Å². The molecule has 2 fully saturated rings. The van der Waals surface area contributed by atoms with Gasteiger partial charge < -0.3 is 25.2 Å². The molecule has 220 valence electrons. The molecule has 2 aromatic heterocycles. The molecule has 2 saturated heterocycles. The Morgan fingerprint density at radius 2 is 1.62 bits per heavy atom. The van der Waals surface area contributed by atoms with Crippen molar-refractivity contribution >= 4 is 29.4 Å². The van der Waals surface area contributed by atoms with Crippen LogP contribution >= 0.6 is 0 Å². The molecule has 4 N–H and O–H groups in total. The molecular weight excluding hydrogens is 560 g/mol. The van der Waals surface area contributed by atoms with Gasteiger partial charge in [-0.25, -0.2) is 9.59 Å². The number of carboxylic acids is 2. The fraction of sp³-hybridized carbons (Fsp3) is 0.455. The molecule has 0 aromatic carbocycles. The van der Waals surface area contributed by atoms with Crippen LogP contribution in [0.25, 0.3) is 0 Å². The Morgan fingerprint density at radius 1 is 1.00 bits per heavy atom. The zero-order valence-electron chi connectivity index (χ0n) is 20.3. The van der Waals surface area contributed by atoms with Gasteiger partial charge in [-0.3, -0.25) is 19.7 Å². The van der Waals surface area contributed by atoms with E-state index >= 15 is 0 Å². The summed E-state index contributed by atoms with van der Waals surface area (Å²) in [5.41, 5.74) is 1.15. The van der Waals surface area contributed by atoms with Crippen LogP contribution < -0.4 is 5.32 Å². The first-order valence-electron chi connectivity index (χ1n) is 11.3. The molecule has 0 radical (unpaired) electrons. The first-order chi connectivity index (χ1) is 18.6. The van der Waals surface area contributed by atoms with E-state index in [2.05, 4.69) is 20.5 Å². The van der Waals surface area contributed by atoms with E-state index in [4.69, 9.17) is 24.5 Å². The van der Waals surface area contributed by atoms with E-state index < -0.39 is 24.3 Å². The highest BCUT2D eigenvalue weighted by Crippen LogP contribution is 2.34. The summed E-state index contributed by atoms with van der Waals surface area (Å²) in [7, 11) is 0. The Kier molecular flexibility index (Phi) is 11.0. The van der Waals surface area contributed by atoms with Crippen LogP contribution in [0.5, 0.6) is 0 Å². The minimum atomic E-state index is -5.08. The average Bonchev–Trinajstić information content (AvgIpc) is 3.43. The largest absolute Gasteiger partial charge is 0.490 e. The number of aliphatic carboxylic acids is 2. The number of pyridine rings is 1. The van der Waals surface area contributed by atoms with E-state index in [0.29, 0.717) is 37.5 Å². The van der Waals surface area contributed by atoms with E-state index in [9.17, 15) is 35.9 Å². The normalized spacial score (nSPS) is 20.4. The highest BCUT2D eigenvalue weighted by Gasteiger charge is 2.43. The number of H-pyrrole nitrogens is 1. The van der Waals surface area contributed by atoms with Crippen molar-refractivity contribution in [2.45, 2.75) is 31.3 Å². The number of ether oxygens (including phenoxy) is 1. The minimum absolute atomic E-state index is 0.0129. The zero-order chi connectivity index (χ0) is 30.1. The number of carbonyl (C=O) groups is 4. The molecule has 40 heavy (non-hydrogen) atoms. The van der Waals surface area contributed by atoms with Crippen molar-refractivity contribution in [2.75, 3.05) is 25.0 Å². The maximum absolute atomic E-state index is 12.8. The van der Waals surface area contributed by atoms with Crippen molar-refractivity contribution in [2.24, 2.45) is 11.8 Å². The number of nitrogens with one attached hydrogen (secondary N) is 2. The molecule has 2 aromatic rings. The highest BCUT2D eigenvalue weighted by molar-refractivity contribution is 5.93.